The summed E-state index contributed by atoms with van der Waals surface area (Å²) in [5.41, 5.74) is 0. The molecule has 4 rings (SSSR count). The van der Waals surface area contributed by atoms with Crippen LogP contribution in [-0.2, 0) is 9.53 Å². The van der Waals surface area contributed by atoms with Gasteiger partial charge < -0.3 is 9.47 Å². The molecule has 3 fully saturated rings. The first-order valence-corrected chi connectivity index (χ1v) is 7.84. The van der Waals surface area contributed by atoms with Gasteiger partial charge in [-0.15, -0.1) is 0 Å². The van der Waals surface area contributed by atoms with Crippen molar-refractivity contribution < 1.29 is 14.3 Å². The van der Waals surface area contributed by atoms with Gasteiger partial charge in [-0.05, 0) is 63.0 Å². The lowest BCUT2D eigenvalue weighted by Gasteiger charge is -2.44. The molecule has 3 aliphatic heterocycles. The third kappa shape index (κ3) is 3.50. The highest BCUT2D eigenvalue weighted by Crippen LogP contribution is 2.30. The van der Waals surface area contributed by atoms with Crippen LogP contribution >= 0.6 is 11.6 Å². The minimum absolute atomic E-state index is 0.0243. The first-order chi connectivity index (χ1) is 10.1. The van der Waals surface area contributed by atoms with Crippen molar-refractivity contribution in [3.8, 4) is 5.75 Å². The number of fused-ring (bicyclic) bond motifs is 3. The molecule has 2 atom stereocenters. The summed E-state index contributed by atoms with van der Waals surface area (Å²) in [6.45, 7) is 4.85. The van der Waals surface area contributed by atoms with E-state index in [1.54, 1.807) is 31.2 Å². The molecule has 2 unspecified atom stereocenters. The second-order valence-electron chi connectivity index (χ2n) is 5.83. The standard InChI is InChI=1S/C16H20ClNO3/c1-11(20-14-4-2-13(17)3-5-14)16(19)21-15-10-18-8-6-12(15)7-9-18/h2-5,11-12,15H,6-10H2,1H3. The van der Waals surface area contributed by atoms with Crippen molar-refractivity contribution in [1.29, 1.82) is 0 Å². The van der Waals surface area contributed by atoms with E-state index in [0.717, 1.165) is 32.5 Å². The number of benzene rings is 1. The van der Waals surface area contributed by atoms with Gasteiger partial charge in [0.2, 0.25) is 0 Å². The number of hydrogen-bond acceptors (Lipinski definition) is 4. The van der Waals surface area contributed by atoms with Gasteiger partial charge in [0.1, 0.15) is 11.9 Å². The molecule has 0 spiro atoms. The monoisotopic (exact) mass is 309 g/mol. The molecule has 0 saturated carbocycles. The quantitative estimate of drug-likeness (QED) is 0.802. The minimum Gasteiger partial charge on any atom is -0.479 e. The van der Waals surface area contributed by atoms with E-state index in [-0.39, 0.29) is 12.1 Å². The van der Waals surface area contributed by atoms with Crippen molar-refractivity contribution in [2.75, 3.05) is 19.6 Å². The van der Waals surface area contributed by atoms with Gasteiger partial charge in [0.05, 0.1) is 0 Å². The predicted molar refractivity (Wildman–Crippen MR) is 80.6 cm³/mol. The third-order valence-electron chi connectivity index (χ3n) is 4.32. The molecular formula is C16H20ClNO3. The molecule has 3 heterocycles. The molecule has 2 bridgehead atoms. The molecular weight excluding hydrogens is 290 g/mol. The van der Waals surface area contributed by atoms with E-state index in [2.05, 4.69) is 4.90 Å². The van der Waals surface area contributed by atoms with Gasteiger partial charge in [-0.1, -0.05) is 11.6 Å². The highest BCUT2D eigenvalue weighted by atomic mass is 35.5. The van der Waals surface area contributed by atoms with Crippen LogP contribution in [0.2, 0.25) is 5.02 Å². The topological polar surface area (TPSA) is 38.8 Å². The van der Waals surface area contributed by atoms with Crippen LogP contribution in [0.3, 0.4) is 0 Å². The van der Waals surface area contributed by atoms with Gasteiger partial charge in [0.15, 0.2) is 6.10 Å². The van der Waals surface area contributed by atoms with Crippen LogP contribution in [-0.4, -0.2) is 42.7 Å². The maximum Gasteiger partial charge on any atom is 0.347 e. The Hall–Kier alpha value is -1.26. The lowest BCUT2D eigenvalue weighted by atomic mass is 9.86. The Labute approximate surface area is 130 Å². The lowest BCUT2D eigenvalue weighted by Crippen LogP contribution is -2.52. The average molecular weight is 310 g/mol. The van der Waals surface area contributed by atoms with Crippen molar-refractivity contribution in [2.24, 2.45) is 5.92 Å². The van der Waals surface area contributed by atoms with Crippen LogP contribution < -0.4 is 4.74 Å². The molecule has 0 aliphatic carbocycles. The lowest BCUT2D eigenvalue weighted by molar-refractivity contribution is -0.166. The maximum atomic E-state index is 12.2. The number of nitrogens with zero attached hydrogens (tertiary/aromatic N) is 1. The van der Waals surface area contributed by atoms with E-state index in [4.69, 9.17) is 21.1 Å². The Balaban J connectivity index is 1.54. The molecule has 0 N–H and O–H groups in total. The molecule has 3 aliphatic rings. The number of rotatable bonds is 4. The Morgan fingerprint density at radius 2 is 1.95 bits per heavy atom. The first kappa shape index (κ1) is 14.7. The van der Waals surface area contributed by atoms with Crippen molar-refractivity contribution in [2.45, 2.75) is 32.0 Å². The SMILES string of the molecule is CC(Oc1ccc(Cl)cc1)C(=O)OC1CN2CCC1CC2. The number of esters is 1. The molecule has 1 aromatic rings. The maximum absolute atomic E-state index is 12.2. The van der Waals surface area contributed by atoms with Gasteiger partial charge >= 0.3 is 5.97 Å². The summed E-state index contributed by atoms with van der Waals surface area (Å²) in [5, 5.41) is 0.643. The van der Waals surface area contributed by atoms with Gasteiger partial charge in [-0.2, -0.15) is 0 Å². The van der Waals surface area contributed by atoms with Crippen LogP contribution in [0.4, 0.5) is 0 Å². The molecule has 5 heteroatoms. The average Bonchev–Trinajstić information content (AvgIpc) is 2.50. The number of piperidine rings is 3. The summed E-state index contributed by atoms with van der Waals surface area (Å²) in [4.78, 5) is 14.5. The summed E-state index contributed by atoms with van der Waals surface area (Å²) in [6.07, 6.45) is 1.67. The van der Waals surface area contributed by atoms with Crippen molar-refractivity contribution in [3.63, 3.8) is 0 Å². The minimum atomic E-state index is -0.610. The van der Waals surface area contributed by atoms with E-state index in [0.29, 0.717) is 16.7 Å². The number of halogens is 1. The molecule has 0 amide bonds. The van der Waals surface area contributed by atoms with E-state index in [9.17, 15) is 4.79 Å². The molecule has 0 aromatic heterocycles. The van der Waals surface area contributed by atoms with E-state index in [1.807, 2.05) is 0 Å². The summed E-state index contributed by atoms with van der Waals surface area (Å²) >= 11 is 5.82. The summed E-state index contributed by atoms with van der Waals surface area (Å²) in [7, 11) is 0. The second kappa shape index (κ2) is 6.24. The Morgan fingerprint density at radius 1 is 1.29 bits per heavy atom. The molecule has 4 nitrogen and oxygen atoms in total. The second-order valence-corrected chi connectivity index (χ2v) is 6.26. The van der Waals surface area contributed by atoms with Crippen LogP contribution in [0, 0.1) is 5.92 Å². The molecule has 114 valence electrons. The van der Waals surface area contributed by atoms with E-state index >= 15 is 0 Å². The number of carbonyl (C=O) groups is 1. The Kier molecular flexibility index (Phi) is 4.36. The fourth-order valence-electron chi connectivity index (χ4n) is 3.05. The van der Waals surface area contributed by atoms with Crippen LogP contribution in [0.25, 0.3) is 0 Å². The normalized spacial score (nSPS) is 29.0. The van der Waals surface area contributed by atoms with Crippen LogP contribution in [0.5, 0.6) is 5.75 Å². The van der Waals surface area contributed by atoms with E-state index in [1.165, 1.54) is 0 Å². The van der Waals surface area contributed by atoms with Gasteiger partial charge in [0.25, 0.3) is 0 Å². The molecule has 21 heavy (non-hydrogen) atoms. The zero-order valence-corrected chi connectivity index (χ0v) is 12.9. The first-order valence-electron chi connectivity index (χ1n) is 7.47. The largest absolute Gasteiger partial charge is 0.479 e. The Morgan fingerprint density at radius 3 is 2.52 bits per heavy atom. The van der Waals surface area contributed by atoms with Crippen LogP contribution in [0.1, 0.15) is 19.8 Å². The summed E-state index contributed by atoms with van der Waals surface area (Å²) < 4.78 is 11.3. The van der Waals surface area contributed by atoms with Gasteiger partial charge in [-0.3, -0.25) is 4.90 Å². The highest BCUT2D eigenvalue weighted by molar-refractivity contribution is 6.30. The van der Waals surface area contributed by atoms with Crippen molar-refractivity contribution in [1.82, 2.24) is 4.90 Å². The number of ether oxygens (including phenoxy) is 2. The number of hydrogen-bond donors (Lipinski definition) is 0. The van der Waals surface area contributed by atoms with Gasteiger partial charge in [0, 0.05) is 11.6 Å². The Bertz CT molecular complexity index is 497. The smallest absolute Gasteiger partial charge is 0.347 e. The third-order valence-corrected chi connectivity index (χ3v) is 4.57. The van der Waals surface area contributed by atoms with E-state index < -0.39 is 6.10 Å². The molecule has 0 radical (unpaired) electrons. The fraction of sp³-hybridized carbons (Fsp3) is 0.562. The van der Waals surface area contributed by atoms with Crippen LogP contribution in [0.15, 0.2) is 24.3 Å². The van der Waals surface area contributed by atoms with Gasteiger partial charge in [-0.25, -0.2) is 4.79 Å². The predicted octanol–water partition coefficient (Wildman–Crippen LogP) is 2.74. The zero-order valence-electron chi connectivity index (χ0n) is 12.1. The highest BCUT2D eigenvalue weighted by Gasteiger charge is 2.37. The molecule has 3 saturated heterocycles. The van der Waals surface area contributed by atoms with Crippen molar-refractivity contribution >= 4 is 17.6 Å². The van der Waals surface area contributed by atoms with Crippen molar-refractivity contribution in [3.05, 3.63) is 29.3 Å². The summed E-state index contributed by atoms with van der Waals surface area (Å²) in [6, 6.07) is 6.98. The fourth-order valence-corrected chi connectivity index (χ4v) is 3.18. The molecule has 1 aromatic carbocycles. The zero-order chi connectivity index (χ0) is 14.8. The summed E-state index contributed by atoms with van der Waals surface area (Å²) in [5.74, 6) is 0.850. The number of carbonyl (C=O) groups excluding carboxylic acids is 1.